The molecule has 0 atom stereocenters. The second-order valence-electron chi connectivity index (χ2n) is 7.52. The van der Waals surface area contributed by atoms with Gasteiger partial charge >= 0.3 is 164 Å². The van der Waals surface area contributed by atoms with Gasteiger partial charge in [0.15, 0.2) is 0 Å². The van der Waals surface area contributed by atoms with Crippen molar-refractivity contribution in [2.45, 2.75) is 6.42 Å². The Morgan fingerprint density at radius 1 is 0.677 bits per heavy atom. The summed E-state index contributed by atoms with van der Waals surface area (Å²) in [6.07, 6.45) is 2.43. The molecule has 0 fully saturated rings. The van der Waals surface area contributed by atoms with Crippen molar-refractivity contribution in [2.75, 3.05) is 26.8 Å². The number of carboxylic acids is 2. The molecule has 0 radical (unpaired) electrons. The molecule has 3 rings (SSSR count). The van der Waals surface area contributed by atoms with Gasteiger partial charge in [0.1, 0.15) is 0 Å². The van der Waals surface area contributed by atoms with Crippen LogP contribution in [-0.2, 0) is 9.59 Å². The molecule has 0 amide bonds. The molecule has 0 saturated heterocycles. The molecule has 0 spiro atoms. The van der Waals surface area contributed by atoms with Crippen LogP contribution in [0.1, 0.15) is 6.42 Å². The zero-order chi connectivity index (χ0) is 22.7. The number of hydrogen-bond donors (Lipinski definition) is 2. The minimum absolute atomic E-state index is 1.13. The quantitative estimate of drug-likeness (QED) is 0.437. The minimum Gasteiger partial charge on any atom is -0.473 e. The first-order chi connectivity index (χ1) is 14.9. The van der Waals surface area contributed by atoms with E-state index in [-0.39, 0.29) is 0 Å². The van der Waals surface area contributed by atoms with E-state index in [0.29, 0.717) is 0 Å². The van der Waals surface area contributed by atoms with E-state index in [4.69, 9.17) is 19.8 Å². The van der Waals surface area contributed by atoms with E-state index < -0.39 is 19.2 Å². The van der Waals surface area contributed by atoms with E-state index in [0.717, 1.165) is 6.54 Å². The summed E-state index contributed by atoms with van der Waals surface area (Å²) in [4.78, 5) is 20.5. The van der Waals surface area contributed by atoms with Crippen LogP contribution in [0.5, 0.6) is 0 Å². The molecule has 0 aromatic heterocycles. The summed E-state index contributed by atoms with van der Waals surface area (Å²) in [6, 6.07) is 33.5. The first-order valence-electron chi connectivity index (χ1n) is 10.2. The molecule has 0 unspecified atom stereocenters. The largest absolute Gasteiger partial charge is 0.473 e. The molecule has 6 heteroatoms. The van der Waals surface area contributed by atoms with Crippen LogP contribution in [0, 0.1) is 0 Å². The number of rotatable bonds is 7. The second kappa shape index (κ2) is 12.0. The Balaban J connectivity index is 0.000000501. The Kier molecular flexibility index (Phi) is 9.39. The van der Waals surface area contributed by atoms with Gasteiger partial charge < -0.3 is 10.2 Å². The van der Waals surface area contributed by atoms with E-state index in [9.17, 15) is 0 Å². The summed E-state index contributed by atoms with van der Waals surface area (Å²) < 4.78 is 0. The van der Waals surface area contributed by atoms with Crippen LogP contribution in [0.15, 0.2) is 91.0 Å². The van der Waals surface area contributed by atoms with Gasteiger partial charge in [-0.25, -0.2) is 9.59 Å². The number of aliphatic carboxylic acids is 2. The average Bonchev–Trinajstić information content (AvgIpc) is 2.79. The topological polar surface area (TPSA) is 77.8 Å². The van der Waals surface area contributed by atoms with Crippen molar-refractivity contribution in [3.63, 3.8) is 0 Å². The van der Waals surface area contributed by atoms with Crippen LogP contribution in [0.2, 0.25) is 0 Å². The Labute approximate surface area is 184 Å². The third-order valence-corrected chi connectivity index (χ3v) is 10.2. The molecule has 3 aromatic rings. The van der Waals surface area contributed by atoms with Crippen molar-refractivity contribution >= 4 is 35.1 Å². The van der Waals surface area contributed by atoms with Crippen LogP contribution in [0.4, 0.5) is 0 Å². The van der Waals surface area contributed by atoms with E-state index >= 15 is 0 Å². The molecule has 0 heterocycles. The third-order valence-electron chi connectivity index (χ3n) is 5.14. The van der Waals surface area contributed by atoms with E-state index in [1.54, 1.807) is 0 Å². The van der Waals surface area contributed by atoms with Gasteiger partial charge in [0.25, 0.3) is 0 Å². The van der Waals surface area contributed by atoms with E-state index in [1.165, 1.54) is 28.5 Å². The number of carboxylic acid groups (broad SMARTS) is 2. The number of carbonyl (C=O) groups is 2. The van der Waals surface area contributed by atoms with Crippen molar-refractivity contribution in [2.24, 2.45) is 0 Å². The van der Waals surface area contributed by atoms with Crippen LogP contribution >= 0.6 is 7.26 Å². The average molecular weight is 439 g/mol. The molecule has 5 nitrogen and oxygen atoms in total. The van der Waals surface area contributed by atoms with E-state index in [2.05, 4.69) is 110 Å². The first-order valence-corrected chi connectivity index (χ1v) is 12.4. The molecule has 0 saturated carbocycles. The molecular weight excluding hydrogens is 409 g/mol. The van der Waals surface area contributed by atoms with Crippen molar-refractivity contribution in [3.05, 3.63) is 91.0 Å². The van der Waals surface area contributed by atoms with Gasteiger partial charge in [0.05, 0.1) is 0 Å². The number of benzene rings is 3. The van der Waals surface area contributed by atoms with Gasteiger partial charge in [-0.05, 0) is 0 Å². The van der Waals surface area contributed by atoms with Crippen LogP contribution in [0.25, 0.3) is 0 Å². The molecule has 2 N–H and O–H groups in total. The predicted octanol–water partition coefficient (Wildman–Crippen LogP) is 2.82. The zero-order valence-electron chi connectivity index (χ0n) is 17.9. The summed E-state index contributed by atoms with van der Waals surface area (Å²) >= 11 is 0. The minimum atomic E-state index is -2.02. The van der Waals surface area contributed by atoms with Gasteiger partial charge in [0.2, 0.25) is 0 Å². The SMILES string of the molecule is CN(C)CCC[PH](c1ccccc1)(c1ccccc1)c1ccccc1.O=C(O)C(=O)O. The van der Waals surface area contributed by atoms with Crippen molar-refractivity contribution < 1.29 is 19.8 Å². The molecule has 0 aliphatic heterocycles. The number of nitrogens with zero attached hydrogens (tertiary/aromatic N) is 1. The fourth-order valence-corrected chi connectivity index (χ4v) is 8.60. The third kappa shape index (κ3) is 6.74. The van der Waals surface area contributed by atoms with E-state index in [1.807, 2.05) is 0 Å². The standard InChI is InChI=1S/C23H28NP.C2H2O4/c1-24(2)19-12-20-25(21-13-6-3-7-14-21,22-15-8-4-9-16-22)23-17-10-5-11-18-23;3-1(4)2(5)6/h3-11,13-18,25H,12,19-20H2,1-2H3;(H,3,4)(H,5,6). The molecule has 0 aliphatic rings. The maximum absolute atomic E-state index is 9.10. The smallest absolute Gasteiger partial charge is 0.414 e. The van der Waals surface area contributed by atoms with Crippen LogP contribution in [-0.4, -0.2) is 53.9 Å². The summed E-state index contributed by atoms with van der Waals surface area (Å²) in [6.45, 7) is 1.13. The summed E-state index contributed by atoms with van der Waals surface area (Å²) in [5, 5.41) is 19.3. The van der Waals surface area contributed by atoms with Crippen LogP contribution < -0.4 is 15.9 Å². The molecule has 3 aromatic carbocycles. The van der Waals surface area contributed by atoms with Crippen molar-refractivity contribution in [1.29, 1.82) is 0 Å². The monoisotopic (exact) mass is 439 g/mol. The zero-order valence-corrected chi connectivity index (χ0v) is 18.9. The van der Waals surface area contributed by atoms with Crippen molar-refractivity contribution in [1.82, 2.24) is 4.90 Å². The van der Waals surface area contributed by atoms with Crippen molar-refractivity contribution in [3.8, 4) is 0 Å². The van der Waals surface area contributed by atoms with Gasteiger partial charge in [0, 0.05) is 0 Å². The Morgan fingerprint density at radius 2 is 1.00 bits per heavy atom. The summed E-state index contributed by atoms with van der Waals surface area (Å²) in [7, 11) is 2.31. The Hall–Kier alpha value is -3.01. The molecule has 0 bridgehead atoms. The predicted molar refractivity (Wildman–Crippen MR) is 130 cm³/mol. The fraction of sp³-hybridized carbons (Fsp3) is 0.200. The Morgan fingerprint density at radius 3 is 1.26 bits per heavy atom. The normalized spacial score (nSPS) is 11.3. The Bertz CT molecular complexity index is 838. The van der Waals surface area contributed by atoms with Gasteiger partial charge in [-0.3, -0.25) is 0 Å². The molecule has 164 valence electrons. The molecule has 31 heavy (non-hydrogen) atoms. The first kappa shape index (κ1) is 24.3. The molecular formula is C25H30NO4P. The number of hydrogen-bond acceptors (Lipinski definition) is 3. The maximum atomic E-state index is 9.10. The molecule has 0 aliphatic carbocycles. The maximum Gasteiger partial charge on any atom is 0.414 e. The second-order valence-corrected chi connectivity index (χ2v) is 11.6. The fourth-order valence-electron chi connectivity index (χ4n) is 3.76. The van der Waals surface area contributed by atoms with Gasteiger partial charge in [-0.1, -0.05) is 0 Å². The summed E-state index contributed by atoms with van der Waals surface area (Å²) in [5.41, 5.74) is 0. The van der Waals surface area contributed by atoms with Crippen LogP contribution in [0.3, 0.4) is 0 Å². The summed E-state index contributed by atoms with van der Waals surface area (Å²) in [5.74, 6) is -3.65. The van der Waals surface area contributed by atoms with Gasteiger partial charge in [-0.15, -0.1) is 0 Å². The van der Waals surface area contributed by atoms with Gasteiger partial charge in [-0.2, -0.15) is 0 Å².